The first-order valence-corrected chi connectivity index (χ1v) is 11.6. The lowest BCUT2D eigenvalue weighted by Gasteiger charge is -2.31. The first-order valence-electron chi connectivity index (χ1n) is 10.2. The van der Waals surface area contributed by atoms with Crippen molar-refractivity contribution in [2.75, 3.05) is 33.2 Å². The van der Waals surface area contributed by atoms with E-state index in [4.69, 9.17) is 0 Å². The molecule has 166 valence electrons. The molecule has 1 aliphatic heterocycles. The summed E-state index contributed by atoms with van der Waals surface area (Å²) in [6.07, 6.45) is 0. The fraction of sp³-hybridized carbons (Fsp3) is 0.364. The molecule has 8 nitrogen and oxygen atoms in total. The van der Waals surface area contributed by atoms with Crippen molar-refractivity contribution in [3.8, 4) is 0 Å². The highest BCUT2D eigenvalue weighted by molar-refractivity contribution is 7.89. The number of rotatable bonds is 5. The Hall–Kier alpha value is -2.75. The van der Waals surface area contributed by atoms with Gasteiger partial charge in [0, 0.05) is 37.3 Å². The number of carbonyl (C=O) groups is 2. The van der Waals surface area contributed by atoms with E-state index in [0.717, 1.165) is 5.56 Å². The molecule has 0 aliphatic carbocycles. The average molecular weight is 445 g/mol. The molecule has 9 heteroatoms. The van der Waals surface area contributed by atoms with Gasteiger partial charge >= 0.3 is 0 Å². The molecule has 31 heavy (non-hydrogen) atoms. The molecule has 0 saturated carbocycles. The summed E-state index contributed by atoms with van der Waals surface area (Å²) >= 11 is 0. The van der Waals surface area contributed by atoms with Gasteiger partial charge in [-0.15, -0.1) is 0 Å². The van der Waals surface area contributed by atoms with Crippen LogP contribution in [0.5, 0.6) is 0 Å². The molecular formula is C22H28N4O4S. The minimum absolute atomic E-state index is 0.142. The van der Waals surface area contributed by atoms with Crippen molar-refractivity contribution in [2.24, 2.45) is 0 Å². The number of hydrazine groups is 1. The zero-order valence-electron chi connectivity index (χ0n) is 18.0. The molecule has 1 aliphatic rings. The van der Waals surface area contributed by atoms with Crippen molar-refractivity contribution in [3.05, 3.63) is 65.2 Å². The number of carbonyl (C=O) groups excluding carboxylic acids is 2. The minimum Gasteiger partial charge on any atom is -0.304 e. The monoisotopic (exact) mass is 444 g/mol. The van der Waals surface area contributed by atoms with Crippen LogP contribution < -0.4 is 10.9 Å². The van der Waals surface area contributed by atoms with Crippen LogP contribution in [0.25, 0.3) is 0 Å². The number of hydrogen-bond acceptors (Lipinski definition) is 5. The largest absolute Gasteiger partial charge is 0.304 e. The van der Waals surface area contributed by atoms with Gasteiger partial charge in [0.15, 0.2) is 0 Å². The van der Waals surface area contributed by atoms with Crippen molar-refractivity contribution >= 4 is 21.8 Å². The van der Waals surface area contributed by atoms with Gasteiger partial charge in [-0.2, -0.15) is 4.31 Å². The standard InChI is InChI=1S/C22H28N4O4S/c1-16(2)17-4-6-18(7-5-17)21(27)23-24-22(28)19-8-10-20(11-9-19)31(29,30)26-14-12-25(3)13-15-26/h4-11,16H,12-15H2,1-3H3,(H,23,27)(H,24,28). The van der Waals surface area contributed by atoms with Crippen molar-refractivity contribution in [2.45, 2.75) is 24.7 Å². The summed E-state index contributed by atoms with van der Waals surface area (Å²) in [4.78, 5) is 26.8. The second-order valence-electron chi connectivity index (χ2n) is 7.92. The van der Waals surface area contributed by atoms with Crippen molar-refractivity contribution in [1.82, 2.24) is 20.1 Å². The zero-order valence-corrected chi connectivity index (χ0v) is 18.8. The highest BCUT2D eigenvalue weighted by Crippen LogP contribution is 2.18. The van der Waals surface area contributed by atoms with E-state index in [0.29, 0.717) is 37.7 Å². The quantitative estimate of drug-likeness (QED) is 0.686. The third kappa shape index (κ3) is 5.49. The van der Waals surface area contributed by atoms with E-state index in [1.54, 1.807) is 12.1 Å². The zero-order chi connectivity index (χ0) is 22.6. The molecule has 1 saturated heterocycles. The molecule has 0 unspecified atom stereocenters. The van der Waals surface area contributed by atoms with Gasteiger partial charge < -0.3 is 4.90 Å². The van der Waals surface area contributed by atoms with E-state index in [-0.39, 0.29) is 10.5 Å². The molecule has 0 aromatic heterocycles. The Bertz CT molecular complexity index is 1030. The molecule has 1 heterocycles. The topological polar surface area (TPSA) is 98.8 Å². The van der Waals surface area contributed by atoms with E-state index >= 15 is 0 Å². The van der Waals surface area contributed by atoms with Crippen LogP contribution in [0.15, 0.2) is 53.4 Å². The first-order chi connectivity index (χ1) is 14.7. The predicted molar refractivity (Wildman–Crippen MR) is 118 cm³/mol. The van der Waals surface area contributed by atoms with E-state index in [1.807, 2.05) is 19.2 Å². The SMILES string of the molecule is CC(C)c1ccc(C(=O)NNC(=O)c2ccc(S(=O)(=O)N3CCN(C)CC3)cc2)cc1. The van der Waals surface area contributed by atoms with E-state index in [2.05, 4.69) is 29.6 Å². The summed E-state index contributed by atoms with van der Waals surface area (Å²) in [5.41, 5.74) is 6.52. The maximum absolute atomic E-state index is 12.8. The van der Waals surface area contributed by atoms with Gasteiger partial charge in [-0.25, -0.2) is 8.42 Å². The fourth-order valence-electron chi connectivity index (χ4n) is 3.23. The third-order valence-electron chi connectivity index (χ3n) is 5.35. The maximum Gasteiger partial charge on any atom is 0.269 e. The van der Waals surface area contributed by atoms with Gasteiger partial charge in [0.2, 0.25) is 10.0 Å². The minimum atomic E-state index is -3.59. The number of nitrogens with one attached hydrogen (secondary N) is 2. The Morgan fingerprint density at radius 3 is 1.71 bits per heavy atom. The second kappa shape index (κ2) is 9.59. The fourth-order valence-corrected chi connectivity index (χ4v) is 4.66. The lowest BCUT2D eigenvalue weighted by molar-refractivity contribution is 0.0846. The van der Waals surface area contributed by atoms with Crippen molar-refractivity contribution in [3.63, 3.8) is 0 Å². The average Bonchev–Trinajstić information content (AvgIpc) is 2.77. The van der Waals surface area contributed by atoms with Crippen LogP contribution >= 0.6 is 0 Å². The molecule has 1 fully saturated rings. The molecular weight excluding hydrogens is 416 g/mol. The number of piperazine rings is 1. The van der Waals surface area contributed by atoms with E-state index in [9.17, 15) is 18.0 Å². The third-order valence-corrected chi connectivity index (χ3v) is 7.26. The molecule has 3 rings (SSSR count). The summed E-state index contributed by atoms with van der Waals surface area (Å²) in [5.74, 6) is -0.603. The Morgan fingerprint density at radius 2 is 1.26 bits per heavy atom. The van der Waals surface area contributed by atoms with Gasteiger partial charge in [-0.05, 0) is 54.9 Å². The van der Waals surface area contributed by atoms with Crippen molar-refractivity contribution in [1.29, 1.82) is 0 Å². The lowest BCUT2D eigenvalue weighted by atomic mass is 10.0. The number of sulfonamides is 1. The molecule has 0 spiro atoms. The Balaban J connectivity index is 1.59. The van der Waals surface area contributed by atoms with Crippen LogP contribution in [0.1, 0.15) is 46.0 Å². The first kappa shape index (κ1) is 22.9. The van der Waals surface area contributed by atoms with Gasteiger partial charge in [-0.3, -0.25) is 20.4 Å². The normalized spacial score (nSPS) is 15.6. The Labute approximate surface area is 183 Å². The number of nitrogens with zero attached hydrogens (tertiary/aromatic N) is 2. The molecule has 2 aromatic carbocycles. The van der Waals surface area contributed by atoms with Crippen LogP contribution in [0.2, 0.25) is 0 Å². The summed E-state index contributed by atoms with van der Waals surface area (Å²) in [6, 6.07) is 12.8. The molecule has 0 bridgehead atoms. The Kier molecular flexibility index (Phi) is 7.09. The smallest absolute Gasteiger partial charge is 0.269 e. The summed E-state index contributed by atoms with van der Waals surface area (Å²) in [6.45, 7) is 6.36. The number of amides is 2. The van der Waals surface area contributed by atoms with E-state index < -0.39 is 21.8 Å². The van der Waals surface area contributed by atoms with Crippen LogP contribution in [-0.2, 0) is 10.0 Å². The van der Waals surface area contributed by atoms with Crippen LogP contribution in [0.4, 0.5) is 0 Å². The molecule has 2 N–H and O–H groups in total. The van der Waals surface area contributed by atoms with Gasteiger partial charge in [0.05, 0.1) is 4.90 Å². The molecule has 2 aromatic rings. The molecule has 0 atom stereocenters. The van der Waals surface area contributed by atoms with E-state index in [1.165, 1.54) is 28.6 Å². The lowest BCUT2D eigenvalue weighted by Crippen LogP contribution is -2.47. The maximum atomic E-state index is 12.8. The van der Waals surface area contributed by atoms with Crippen LogP contribution in [0, 0.1) is 0 Å². The Morgan fingerprint density at radius 1 is 0.806 bits per heavy atom. The summed E-state index contributed by atoms with van der Waals surface area (Å²) in [5, 5.41) is 0. The van der Waals surface area contributed by atoms with Crippen LogP contribution in [0.3, 0.4) is 0 Å². The molecule has 2 amide bonds. The second-order valence-corrected chi connectivity index (χ2v) is 9.85. The van der Waals surface area contributed by atoms with Crippen LogP contribution in [-0.4, -0.2) is 62.7 Å². The summed E-state index contributed by atoms with van der Waals surface area (Å²) < 4.78 is 27.0. The number of benzene rings is 2. The van der Waals surface area contributed by atoms with Gasteiger partial charge in [0.25, 0.3) is 11.8 Å². The molecule has 0 radical (unpaired) electrons. The van der Waals surface area contributed by atoms with Gasteiger partial charge in [0.1, 0.15) is 0 Å². The number of likely N-dealkylation sites (N-methyl/N-ethyl adjacent to an activating group) is 1. The predicted octanol–water partition coefficient (Wildman–Crippen LogP) is 1.82. The highest BCUT2D eigenvalue weighted by atomic mass is 32.2. The summed E-state index contributed by atoms with van der Waals surface area (Å²) in [7, 11) is -1.64. The van der Waals surface area contributed by atoms with Crippen molar-refractivity contribution < 1.29 is 18.0 Å². The highest BCUT2D eigenvalue weighted by Gasteiger charge is 2.27. The number of hydrogen-bond donors (Lipinski definition) is 2. The van der Waals surface area contributed by atoms with Gasteiger partial charge in [-0.1, -0.05) is 26.0 Å².